The minimum atomic E-state index is -0.582. The fourth-order valence-electron chi connectivity index (χ4n) is 5.91. The van der Waals surface area contributed by atoms with Crippen molar-refractivity contribution >= 4 is 40.0 Å². The normalized spacial score (nSPS) is 11.2. The van der Waals surface area contributed by atoms with E-state index in [0.29, 0.717) is 46.0 Å². The van der Waals surface area contributed by atoms with Crippen molar-refractivity contribution in [2.75, 3.05) is 23.1 Å². The molecule has 48 heavy (non-hydrogen) atoms. The van der Waals surface area contributed by atoms with Crippen molar-refractivity contribution in [3.8, 4) is 16.9 Å². The van der Waals surface area contributed by atoms with Gasteiger partial charge in [0.1, 0.15) is 17.1 Å². The molecule has 0 saturated heterocycles. The lowest BCUT2D eigenvalue weighted by molar-refractivity contribution is 0.102. The SMILES string of the molecule is CCCCn1c(=O)c(NC(=O)Nc2c(C(C)C)ccc(NC(=O)c3cccnc3)c2C(C)C)c(-c2cccc(OC)c2)c2cccnc21. The maximum atomic E-state index is 14.3. The van der Waals surface area contributed by atoms with E-state index >= 15 is 0 Å². The fourth-order valence-corrected chi connectivity index (χ4v) is 5.91. The molecular formula is C38H42N6O4. The highest BCUT2D eigenvalue weighted by Crippen LogP contribution is 2.39. The molecule has 0 unspecified atom stereocenters. The Balaban J connectivity index is 1.63. The Hall–Kier alpha value is -5.51. The third-order valence-electron chi connectivity index (χ3n) is 8.24. The quantitative estimate of drug-likeness (QED) is 0.132. The molecule has 0 saturated carbocycles. The number of aromatic nitrogens is 3. The summed E-state index contributed by atoms with van der Waals surface area (Å²) in [7, 11) is 1.58. The molecule has 0 bridgehead atoms. The van der Waals surface area contributed by atoms with Crippen LogP contribution in [0, 0.1) is 0 Å². The maximum Gasteiger partial charge on any atom is 0.323 e. The number of rotatable bonds is 11. The van der Waals surface area contributed by atoms with Gasteiger partial charge < -0.3 is 20.7 Å². The summed E-state index contributed by atoms with van der Waals surface area (Å²) in [6.07, 6.45) is 6.43. The van der Waals surface area contributed by atoms with Gasteiger partial charge in [-0.1, -0.05) is 59.2 Å². The van der Waals surface area contributed by atoms with E-state index in [1.165, 1.54) is 6.20 Å². The van der Waals surface area contributed by atoms with Crippen LogP contribution >= 0.6 is 0 Å². The van der Waals surface area contributed by atoms with Crippen molar-refractivity contribution in [2.24, 2.45) is 0 Å². The van der Waals surface area contributed by atoms with Crippen LogP contribution in [0.15, 0.2) is 84.0 Å². The summed E-state index contributed by atoms with van der Waals surface area (Å²) in [5.74, 6) is 0.279. The number of unbranched alkanes of at least 4 members (excludes halogenated alkanes) is 1. The second kappa shape index (κ2) is 14.9. The van der Waals surface area contributed by atoms with Crippen molar-refractivity contribution in [3.63, 3.8) is 0 Å². The van der Waals surface area contributed by atoms with Gasteiger partial charge in [0, 0.05) is 47.3 Å². The summed E-state index contributed by atoms with van der Waals surface area (Å²) in [4.78, 5) is 50.2. The first-order chi connectivity index (χ1) is 23.1. The van der Waals surface area contributed by atoms with Gasteiger partial charge in [0.2, 0.25) is 0 Å². The lowest BCUT2D eigenvalue weighted by atomic mass is 9.91. The molecule has 248 valence electrons. The highest BCUT2D eigenvalue weighted by molar-refractivity contribution is 6.09. The molecule has 10 nitrogen and oxygen atoms in total. The van der Waals surface area contributed by atoms with Gasteiger partial charge in [-0.3, -0.25) is 19.1 Å². The van der Waals surface area contributed by atoms with E-state index in [1.54, 1.807) is 36.2 Å². The molecule has 0 radical (unpaired) electrons. The number of benzene rings is 2. The molecule has 10 heteroatoms. The van der Waals surface area contributed by atoms with Crippen molar-refractivity contribution < 1.29 is 14.3 Å². The number of ether oxygens (including phenoxy) is 1. The summed E-state index contributed by atoms with van der Waals surface area (Å²) in [5, 5.41) is 9.76. The second-order valence-electron chi connectivity index (χ2n) is 12.2. The van der Waals surface area contributed by atoms with Crippen molar-refractivity contribution in [1.29, 1.82) is 0 Å². The number of urea groups is 1. The van der Waals surface area contributed by atoms with E-state index < -0.39 is 6.03 Å². The number of pyridine rings is 3. The van der Waals surface area contributed by atoms with E-state index in [4.69, 9.17) is 4.74 Å². The van der Waals surface area contributed by atoms with Crippen LogP contribution in [0.3, 0.4) is 0 Å². The average Bonchev–Trinajstić information content (AvgIpc) is 3.08. The third-order valence-corrected chi connectivity index (χ3v) is 8.24. The molecule has 0 aliphatic heterocycles. The van der Waals surface area contributed by atoms with E-state index in [-0.39, 0.29) is 29.0 Å². The molecule has 0 aliphatic carbocycles. The highest BCUT2D eigenvalue weighted by atomic mass is 16.5. The number of methoxy groups -OCH3 is 1. The summed E-state index contributed by atoms with van der Waals surface area (Å²) in [6.45, 7) is 10.6. The standard InChI is InChI=1S/C38H42N6O4/c1-7-8-20-44-35-29(15-11-19-40-35)32(25-12-9-14-27(21-25)48-6)34(37(44)46)43-38(47)42-33-28(23(2)3)16-17-30(31(33)24(4)5)41-36(45)26-13-10-18-39-22-26/h9-19,21-24H,7-8,20H2,1-6H3,(H,41,45)(H2,42,43,47). The van der Waals surface area contributed by atoms with E-state index in [0.717, 1.165) is 29.4 Å². The topological polar surface area (TPSA) is 127 Å². The van der Waals surface area contributed by atoms with Crippen molar-refractivity contribution in [2.45, 2.75) is 65.8 Å². The van der Waals surface area contributed by atoms with Crippen LogP contribution < -0.4 is 26.2 Å². The number of fused-ring (bicyclic) bond motifs is 1. The minimum absolute atomic E-state index is 0.0474. The predicted molar refractivity (Wildman–Crippen MR) is 192 cm³/mol. The molecule has 5 rings (SSSR count). The number of carbonyl (C=O) groups is 2. The lowest BCUT2D eigenvalue weighted by Gasteiger charge is -2.24. The van der Waals surface area contributed by atoms with Crippen LogP contribution in [0.4, 0.5) is 21.9 Å². The van der Waals surface area contributed by atoms with Crippen LogP contribution in [0.1, 0.15) is 80.8 Å². The minimum Gasteiger partial charge on any atom is -0.497 e. The van der Waals surface area contributed by atoms with Gasteiger partial charge in [-0.05, 0) is 71.8 Å². The van der Waals surface area contributed by atoms with Crippen LogP contribution in [0.25, 0.3) is 22.2 Å². The Labute approximate surface area is 280 Å². The van der Waals surface area contributed by atoms with Crippen LogP contribution in [0.2, 0.25) is 0 Å². The molecule has 3 heterocycles. The molecule has 3 aromatic heterocycles. The van der Waals surface area contributed by atoms with Crippen LogP contribution in [0.5, 0.6) is 5.75 Å². The second-order valence-corrected chi connectivity index (χ2v) is 12.2. The Morgan fingerprint density at radius 3 is 2.35 bits per heavy atom. The van der Waals surface area contributed by atoms with Crippen LogP contribution in [-0.4, -0.2) is 33.6 Å². The lowest BCUT2D eigenvalue weighted by Crippen LogP contribution is -2.30. The number of aryl methyl sites for hydroxylation is 1. The molecular weight excluding hydrogens is 604 g/mol. The Morgan fingerprint density at radius 1 is 0.896 bits per heavy atom. The van der Waals surface area contributed by atoms with Crippen molar-refractivity contribution in [1.82, 2.24) is 14.5 Å². The molecule has 3 amide bonds. The first-order valence-corrected chi connectivity index (χ1v) is 16.3. The van der Waals surface area contributed by atoms with Gasteiger partial charge >= 0.3 is 6.03 Å². The number of nitrogens with one attached hydrogen (secondary N) is 3. The molecule has 3 N–H and O–H groups in total. The maximum absolute atomic E-state index is 14.3. The van der Waals surface area contributed by atoms with Gasteiger partial charge in [-0.2, -0.15) is 0 Å². The van der Waals surface area contributed by atoms with Gasteiger partial charge in [-0.15, -0.1) is 0 Å². The smallest absolute Gasteiger partial charge is 0.323 e. The summed E-state index contributed by atoms with van der Waals surface area (Å²) < 4.78 is 7.13. The van der Waals surface area contributed by atoms with E-state index in [2.05, 4.69) is 32.8 Å². The largest absolute Gasteiger partial charge is 0.497 e. The van der Waals surface area contributed by atoms with Gasteiger partial charge in [0.05, 0.1) is 18.4 Å². The summed E-state index contributed by atoms with van der Waals surface area (Å²) in [6, 6.07) is 17.7. The monoisotopic (exact) mass is 646 g/mol. The molecule has 5 aromatic rings. The first kappa shape index (κ1) is 33.8. The van der Waals surface area contributed by atoms with Gasteiger partial charge in [-0.25, -0.2) is 9.78 Å². The average molecular weight is 647 g/mol. The summed E-state index contributed by atoms with van der Waals surface area (Å²) in [5.41, 5.74) is 4.82. The first-order valence-electron chi connectivity index (χ1n) is 16.3. The van der Waals surface area contributed by atoms with Gasteiger partial charge in [0.25, 0.3) is 11.5 Å². The number of hydrogen-bond acceptors (Lipinski definition) is 6. The predicted octanol–water partition coefficient (Wildman–Crippen LogP) is 8.41. The van der Waals surface area contributed by atoms with E-state index in [1.807, 2.05) is 76.2 Å². The molecule has 0 atom stereocenters. The number of amides is 3. The molecule has 0 aliphatic rings. The zero-order valence-corrected chi connectivity index (χ0v) is 28.3. The third kappa shape index (κ3) is 7.07. The van der Waals surface area contributed by atoms with Crippen molar-refractivity contribution in [3.05, 3.63) is 106 Å². The fraction of sp³-hybridized carbons (Fsp3) is 0.289. The molecule has 0 spiro atoms. The zero-order chi connectivity index (χ0) is 34.4. The Kier molecular flexibility index (Phi) is 10.5. The summed E-state index contributed by atoms with van der Waals surface area (Å²) >= 11 is 0. The van der Waals surface area contributed by atoms with Gasteiger partial charge in [0.15, 0.2) is 0 Å². The van der Waals surface area contributed by atoms with E-state index in [9.17, 15) is 14.4 Å². The Bertz CT molecular complexity index is 2000. The molecule has 0 fully saturated rings. The number of carbonyl (C=O) groups excluding carboxylic acids is 2. The number of hydrogen-bond donors (Lipinski definition) is 3. The van der Waals surface area contributed by atoms with Crippen LogP contribution in [-0.2, 0) is 6.54 Å². The number of anilines is 3. The zero-order valence-electron chi connectivity index (χ0n) is 28.3. The Morgan fingerprint density at radius 2 is 1.67 bits per heavy atom. The molecule has 2 aromatic carbocycles. The number of nitrogens with zero attached hydrogens (tertiary/aromatic N) is 3. The highest BCUT2D eigenvalue weighted by Gasteiger charge is 2.24.